The molecule has 0 fully saturated rings. The van der Waals surface area contributed by atoms with Crippen molar-refractivity contribution in [3.8, 4) is 11.8 Å². The predicted molar refractivity (Wildman–Crippen MR) is 61.8 cm³/mol. The highest BCUT2D eigenvalue weighted by atomic mass is 127. The highest BCUT2D eigenvalue weighted by Crippen LogP contribution is 2.29. The molecule has 90 valence electrons. The molecule has 0 radical (unpaired) electrons. The van der Waals surface area contributed by atoms with Crippen LogP contribution < -0.4 is 4.74 Å². The highest BCUT2D eigenvalue weighted by Gasteiger charge is 2.20. The summed E-state index contributed by atoms with van der Waals surface area (Å²) in [6.07, 6.45) is 0. The van der Waals surface area contributed by atoms with E-state index in [1.807, 2.05) is 6.07 Å². The maximum Gasteiger partial charge on any atom is 0.387 e. The van der Waals surface area contributed by atoms with Crippen LogP contribution in [0.4, 0.5) is 8.78 Å². The van der Waals surface area contributed by atoms with Crippen molar-refractivity contribution in [2.75, 3.05) is 7.11 Å². The third kappa shape index (κ3) is 3.26. The van der Waals surface area contributed by atoms with Gasteiger partial charge in [0.25, 0.3) is 0 Å². The number of alkyl halides is 2. The van der Waals surface area contributed by atoms with Gasteiger partial charge in [0.1, 0.15) is 5.56 Å². The lowest BCUT2D eigenvalue weighted by Crippen LogP contribution is -2.11. The van der Waals surface area contributed by atoms with Crippen LogP contribution in [0.3, 0.4) is 0 Å². The van der Waals surface area contributed by atoms with Crippen LogP contribution in [-0.4, -0.2) is 19.7 Å². The van der Waals surface area contributed by atoms with Gasteiger partial charge in [-0.3, -0.25) is 0 Å². The summed E-state index contributed by atoms with van der Waals surface area (Å²) in [5, 5.41) is 8.72. The first-order valence-corrected chi connectivity index (χ1v) is 5.34. The lowest BCUT2D eigenvalue weighted by atomic mass is 10.1. The van der Waals surface area contributed by atoms with Crippen molar-refractivity contribution in [2.45, 2.75) is 6.61 Å². The van der Waals surface area contributed by atoms with E-state index in [1.54, 1.807) is 22.6 Å². The molecule has 17 heavy (non-hydrogen) atoms. The van der Waals surface area contributed by atoms with Crippen LogP contribution in [0.1, 0.15) is 15.9 Å². The molecule has 1 aromatic carbocycles. The molecule has 0 heterocycles. The second-order valence-electron chi connectivity index (χ2n) is 2.82. The van der Waals surface area contributed by atoms with E-state index in [0.717, 1.165) is 13.2 Å². The number of esters is 1. The third-order valence-corrected chi connectivity index (χ3v) is 2.59. The van der Waals surface area contributed by atoms with Crippen LogP contribution in [0.5, 0.6) is 5.75 Å². The van der Waals surface area contributed by atoms with Crippen LogP contribution >= 0.6 is 22.6 Å². The number of hydrogen-bond acceptors (Lipinski definition) is 4. The molecule has 1 aromatic rings. The standard InChI is InChI=1S/C10H6F2INO3/c1-16-9(15)6-2-5(4-14)3-7(13)8(6)17-10(11)12/h2-3,10H,1H3. The Bertz CT molecular complexity index is 485. The van der Waals surface area contributed by atoms with Crippen molar-refractivity contribution in [1.29, 1.82) is 5.26 Å². The van der Waals surface area contributed by atoms with Crippen molar-refractivity contribution < 1.29 is 23.0 Å². The van der Waals surface area contributed by atoms with Gasteiger partial charge in [0.15, 0.2) is 5.75 Å². The quantitative estimate of drug-likeness (QED) is 0.619. The van der Waals surface area contributed by atoms with Crippen molar-refractivity contribution in [3.05, 3.63) is 26.8 Å². The number of nitrogens with zero attached hydrogens (tertiary/aromatic N) is 1. The molecule has 0 spiro atoms. The summed E-state index contributed by atoms with van der Waals surface area (Å²) in [4.78, 5) is 11.4. The second kappa shape index (κ2) is 5.77. The number of carbonyl (C=O) groups excluding carboxylic acids is 1. The molecule has 0 unspecified atom stereocenters. The van der Waals surface area contributed by atoms with Crippen molar-refractivity contribution >= 4 is 28.6 Å². The maximum atomic E-state index is 12.2. The number of hydrogen-bond donors (Lipinski definition) is 0. The Balaban J connectivity index is 3.35. The summed E-state index contributed by atoms with van der Waals surface area (Å²) in [6.45, 7) is -3.06. The van der Waals surface area contributed by atoms with Crippen LogP contribution in [0.2, 0.25) is 0 Å². The molecule has 0 aliphatic carbocycles. The van der Waals surface area contributed by atoms with E-state index < -0.39 is 12.6 Å². The summed E-state index contributed by atoms with van der Waals surface area (Å²) in [6, 6.07) is 4.29. The van der Waals surface area contributed by atoms with Gasteiger partial charge in [-0.2, -0.15) is 14.0 Å². The number of nitriles is 1. The van der Waals surface area contributed by atoms with Crippen LogP contribution in [0.15, 0.2) is 12.1 Å². The topological polar surface area (TPSA) is 59.3 Å². The number of rotatable bonds is 3. The molecule has 0 aromatic heterocycles. The molecule has 0 N–H and O–H groups in total. The van der Waals surface area contributed by atoms with Gasteiger partial charge in [0.2, 0.25) is 0 Å². The van der Waals surface area contributed by atoms with Crippen molar-refractivity contribution in [1.82, 2.24) is 0 Å². The molecule has 4 nitrogen and oxygen atoms in total. The molecular weight excluding hydrogens is 347 g/mol. The van der Waals surface area contributed by atoms with Gasteiger partial charge >= 0.3 is 12.6 Å². The highest BCUT2D eigenvalue weighted by molar-refractivity contribution is 14.1. The SMILES string of the molecule is COC(=O)c1cc(C#N)cc(I)c1OC(F)F. The molecule has 0 aliphatic rings. The average molecular weight is 353 g/mol. The zero-order valence-corrected chi connectivity index (χ0v) is 10.7. The number of carbonyl (C=O) groups is 1. The van der Waals surface area contributed by atoms with E-state index in [2.05, 4.69) is 9.47 Å². The first kappa shape index (κ1) is 13.6. The molecular formula is C10H6F2INO3. The van der Waals surface area contributed by atoms with Crippen LogP contribution in [-0.2, 0) is 4.74 Å². The summed E-state index contributed by atoms with van der Waals surface area (Å²) in [5.74, 6) is -1.12. The number of methoxy groups -OCH3 is 1. The number of benzene rings is 1. The van der Waals surface area contributed by atoms with E-state index >= 15 is 0 Å². The molecule has 0 aliphatic heterocycles. The van der Waals surface area contributed by atoms with Gasteiger partial charge in [-0.15, -0.1) is 0 Å². The summed E-state index contributed by atoms with van der Waals surface area (Å²) < 4.78 is 33.3. The monoisotopic (exact) mass is 353 g/mol. The average Bonchev–Trinajstić information content (AvgIpc) is 2.29. The van der Waals surface area contributed by atoms with Gasteiger partial charge in [0.05, 0.1) is 22.3 Å². The minimum Gasteiger partial charge on any atom is -0.465 e. The number of ether oxygens (including phenoxy) is 2. The van der Waals surface area contributed by atoms with Crippen LogP contribution in [0.25, 0.3) is 0 Å². The predicted octanol–water partition coefficient (Wildman–Crippen LogP) is 2.55. The lowest BCUT2D eigenvalue weighted by molar-refractivity contribution is -0.0509. The Labute approximate surface area is 109 Å². The van der Waals surface area contributed by atoms with Gasteiger partial charge in [0, 0.05) is 0 Å². The Hall–Kier alpha value is -1.43. The number of halogens is 3. The fourth-order valence-electron chi connectivity index (χ4n) is 1.13. The minimum absolute atomic E-state index is 0.163. The second-order valence-corrected chi connectivity index (χ2v) is 3.98. The lowest BCUT2D eigenvalue weighted by Gasteiger charge is -2.11. The Morgan fingerprint density at radius 2 is 2.18 bits per heavy atom. The maximum absolute atomic E-state index is 12.2. The normalized spacial score (nSPS) is 9.88. The zero-order valence-electron chi connectivity index (χ0n) is 8.54. The Morgan fingerprint density at radius 3 is 2.65 bits per heavy atom. The smallest absolute Gasteiger partial charge is 0.387 e. The van der Waals surface area contributed by atoms with Gasteiger partial charge < -0.3 is 9.47 Å². The van der Waals surface area contributed by atoms with Gasteiger partial charge in [-0.25, -0.2) is 4.79 Å². The van der Waals surface area contributed by atoms with Gasteiger partial charge in [-0.05, 0) is 34.7 Å². The minimum atomic E-state index is -3.06. The van der Waals surface area contributed by atoms with E-state index in [0.29, 0.717) is 0 Å². The summed E-state index contributed by atoms with van der Waals surface area (Å²) in [7, 11) is 1.11. The zero-order chi connectivity index (χ0) is 13.0. The largest absolute Gasteiger partial charge is 0.465 e. The molecule has 0 bridgehead atoms. The van der Waals surface area contributed by atoms with Gasteiger partial charge in [-0.1, -0.05) is 0 Å². The summed E-state index contributed by atoms with van der Waals surface area (Å²) in [5.41, 5.74) is -0.0346. The molecule has 0 atom stereocenters. The fourth-order valence-corrected chi connectivity index (χ4v) is 1.88. The molecule has 1 rings (SSSR count). The molecule has 7 heteroatoms. The third-order valence-electron chi connectivity index (χ3n) is 1.78. The Morgan fingerprint density at radius 1 is 1.53 bits per heavy atom. The molecule has 0 saturated heterocycles. The Kier molecular flexibility index (Phi) is 4.62. The van der Waals surface area contributed by atoms with E-state index in [9.17, 15) is 13.6 Å². The van der Waals surface area contributed by atoms with Crippen LogP contribution in [0, 0.1) is 14.9 Å². The van der Waals surface area contributed by atoms with Crippen molar-refractivity contribution in [3.63, 3.8) is 0 Å². The summed E-state index contributed by atoms with van der Waals surface area (Å²) >= 11 is 1.70. The van der Waals surface area contributed by atoms with E-state index in [-0.39, 0.29) is 20.4 Å². The first-order chi connectivity index (χ1) is 7.99. The van der Waals surface area contributed by atoms with Crippen molar-refractivity contribution in [2.24, 2.45) is 0 Å². The molecule has 0 amide bonds. The van der Waals surface area contributed by atoms with E-state index in [4.69, 9.17) is 5.26 Å². The van der Waals surface area contributed by atoms with E-state index in [1.165, 1.54) is 6.07 Å². The first-order valence-electron chi connectivity index (χ1n) is 4.26. The fraction of sp³-hybridized carbons (Fsp3) is 0.200. The molecule has 0 saturated carbocycles.